The number of carboxylic acid groups (broad SMARTS) is 1. The second-order valence-electron chi connectivity index (χ2n) is 3.83. The molecule has 0 spiro atoms. The molecule has 1 aromatic heterocycles. The first-order valence-corrected chi connectivity index (χ1v) is 5.72. The maximum absolute atomic E-state index is 13.8. The maximum atomic E-state index is 13.8. The molecule has 0 aliphatic carbocycles. The lowest BCUT2D eigenvalue weighted by molar-refractivity contribution is -0.131. The molecule has 1 aromatic carbocycles. The summed E-state index contributed by atoms with van der Waals surface area (Å²) >= 11 is 0. The topological polar surface area (TPSA) is 105 Å². The summed E-state index contributed by atoms with van der Waals surface area (Å²) in [5, 5.41) is 17.9. The Labute approximate surface area is 118 Å². The average molecular weight is 288 g/mol. The molecule has 0 saturated carbocycles. The maximum Gasteiger partial charge on any atom is 0.328 e. The molecule has 0 aliphatic heterocycles. The van der Waals surface area contributed by atoms with Crippen molar-refractivity contribution < 1.29 is 19.1 Å². The Morgan fingerprint density at radius 2 is 2.10 bits per heavy atom. The van der Waals surface area contributed by atoms with Gasteiger partial charge in [0.1, 0.15) is 5.82 Å². The van der Waals surface area contributed by atoms with Crippen molar-refractivity contribution in [3.05, 3.63) is 53.6 Å². The third-order valence-electron chi connectivity index (χ3n) is 2.36. The number of amides is 1. The van der Waals surface area contributed by atoms with E-state index in [4.69, 9.17) is 5.11 Å². The van der Waals surface area contributed by atoms with Gasteiger partial charge in [0.05, 0.1) is 18.0 Å². The Kier molecular flexibility index (Phi) is 4.30. The molecule has 21 heavy (non-hydrogen) atoms. The number of nitrogens with one attached hydrogen (secondary N) is 1. The average Bonchev–Trinajstić information content (AvgIpc) is 2.46. The summed E-state index contributed by atoms with van der Waals surface area (Å²) in [6, 6.07) is 3.71. The molecule has 0 fully saturated rings. The lowest BCUT2D eigenvalue weighted by atomic mass is 10.1. The number of carboxylic acids is 1. The molecule has 0 radical (unpaired) electrons. The predicted molar refractivity (Wildman–Crippen MR) is 70.9 cm³/mol. The van der Waals surface area contributed by atoms with E-state index < -0.39 is 17.7 Å². The van der Waals surface area contributed by atoms with Gasteiger partial charge in [0.15, 0.2) is 0 Å². The van der Waals surface area contributed by atoms with E-state index in [1.54, 1.807) is 0 Å². The Balaban J connectivity index is 2.17. The molecule has 0 unspecified atom stereocenters. The van der Waals surface area contributed by atoms with E-state index in [1.165, 1.54) is 30.6 Å². The number of nitrogens with zero attached hydrogens (tertiary/aromatic N) is 3. The van der Waals surface area contributed by atoms with Gasteiger partial charge in [0.2, 0.25) is 5.95 Å². The van der Waals surface area contributed by atoms with Crippen molar-refractivity contribution >= 4 is 23.9 Å². The summed E-state index contributed by atoms with van der Waals surface area (Å²) in [5.74, 6) is -2.71. The van der Waals surface area contributed by atoms with Gasteiger partial charge in [-0.25, -0.2) is 14.2 Å². The van der Waals surface area contributed by atoms with E-state index in [0.717, 1.165) is 12.1 Å². The minimum Gasteiger partial charge on any atom is -0.478 e. The summed E-state index contributed by atoms with van der Waals surface area (Å²) in [6.45, 7) is 0. The molecule has 1 amide bonds. The van der Waals surface area contributed by atoms with E-state index in [2.05, 4.69) is 20.5 Å². The Morgan fingerprint density at radius 1 is 1.29 bits per heavy atom. The molecule has 8 heteroatoms. The van der Waals surface area contributed by atoms with Crippen molar-refractivity contribution in [2.75, 3.05) is 5.32 Å². The van der Waals surface area contributed by atoms with Crippen molar-refractivity contribution in [2.45, 2.75) is 0 Å². The first kappa shape index (κ1) is 14.3. The van der Waals surface area contributed by atoms with Crippen molar-refractivity contribution in [3.8, 4) is 0 Å². The largest absolute Gasteiger partial charge is 0.478 e. The number of halogens is 1. The molecule has 0 aliphatic rings. The molecule has 2 N–H and O–H groups in total. The molecule has 7 nitrogen and oxygen atoms in total. The zero-order valence-corrected chi connectivity index (χ0v) is 10.5. The molecular formula is C13H9FN4O3. The molecule has 0 atom stereocenters. The van der Waals surface area contributed by atoms with Gasteiger partial charge in [-0.3, -0.25) is 10.1 Å². The highest BCUT2D eigenvalue weighted by Gasteiger charge is 2.13. The van der Waals surface area contributed by atoms with Gasteiger partial charge >= 0.3 is 5.97 Å². The van der Waals surface area contributed by atoms with Gasteiger partial charge in [-0.15, -0.1) is 5.10 Å². The number of rotatable bonds is 4. The van der Waals surface area contributed by atoms with E-state index in [1.807, 2.05) is 0 Å². The predicted octanol–water partition coefficient (Wildman–Crippen LogP) is 1.36. The third-order valence-corrected chi connectivity index (χ3v) is 2.36. The van der Waals surface area contributed by atoms with E-state index in [-0.39, 0.29) is 11.5 Å². The van der Waals surface area contributed by atoms with Crippen LogP contribution in [0.3, 0.4) is 0 Å². The quantitative estimate of drug-likeness (QED) is 0.823. The van der Waals surface area contributed by atoms with Gasteiger partial charge in [-0.05, 0) is 23.8 Å². The number of carbonyl (C=O) groups is 2. The number of benzene rings is 1. The second kappa shape index (κ2) is 6.33. The number of aromatic nitrogens is 3. The lowest BCUT2D eigenvalue weighted by Crippen LogP contribution is -2.16. The summed E-state index contributed by atoms with van der Waals surface area (Å²) < 4.78 is 13.8. The Morgan fingerprint density at radius 3 is 2.71 bits per heavy atom. The van der Waals surface area contributed by atoms with Crippen molar-refractivity contribution in [1.82, 2.24) is 15.2 Å². The van der Waals surface area contributed by atoms with E-state index in [0.29, 0.717) is 5.56 Å². The van der Waals surface area contributed by atoms with Gasteiger partial charge in [-0.1, -0.05) is 6.07 Å². The van der Waals surface area contributed by atoms with E-state index >= 15 is 0 Å². The van der Waals surface area contributed by atoms with Crippen molar-refractivity contribution in [1.29, 1.82) is 0 Å². The number of aliphatic carboxylic acids is 1. The summed E-state index contributed by atoms with van der Waals surface area (Å²) in [4.78, 5) is 25.9. The third kappa shape index (κ3) is 3.90. The number of hydrogen-bond donors (Lipinski definition) is 2. The minimum atomic E-state index is -1.15. The molecule has 2 aromatic rings. The van der Waals surface area contributed by atoms with Gasteiger partial charge in [0.25, 0.3) is 5.91 Å². The SMILES string of the molecule is O=C(O)/C=C/c1ccc(C(=O)Nc2nccnn2)c(F)c1. The van der Waals surface area contributed by atoms with Gasteiger partial charge in [-0.2, -0.15) is 5.10 Å². The van der Waals surface area contributed by atoms with Crippen LogP contribution in [0.4, 0.5) is 10.3 Å². The van der Waals surface area contributed by atoms with Crippen LogP contribution in [0.1, 0.15) is 15.9 Å². The van der Waals surface area contributed by atoms with E-state index in [9.17, 15) is 14.0 Å². The van der Waals surface area contributed by atoms with Crippen LogP contribution in [-0.2, 0) is 4.79 Å². The smallest absolute Gasteiger partial charge is 0.328 e. The fourth-order valence-electron chi connectivity index (χ4n) is 1.46. The molecule has 2 rings (SSSR count). The lowest BCUT2D eigenvalue weighted by Gasteiger charge is -2.04. The standard InChI is InChI=1S/C13H9FN4O3/c14-10-7-8(2-4-11(19)20)1-3-9(10)12(21)17-13-15-5-6-16-18-13/h1-7H,(H,19,20)(H,15,17,18,21)/b4-2+. The van der Waals surface area contributed by atoms with Gasteiger partial charge < -0.3 is 5.11 Å². The normalized spacial score (nSPS) is 10.5. The summed E-state index contributed by atoms with van der Waals surface area (Å²) in [7, 11) is 0. The monoisotopic (exact) mass is 288 g/mol. The summed E-state index contributed by atoms with van der Waals surface area (Å²) in [5.41, 5.74) is 0.110. The Bertz CT molecular complexity index is 704. The van der Waals surface area contributed by atoms with Crippen LogP contribution in [0.5, 0.6) is 0 Å². The second-order valence-corrected chi connectivity index (χ2v) is 3.83. The van der Waals surface area contributed by atoms with Crippen LogP contribution in [0.25, 0.3) is 6.08 Å². The fraction of sp³-hybridized carbons (Fsp3) is 0. The number of anilines is 1. The molecule has 0 saturated heterocycles. The van der Waals surface area contributed by atoms with Crippen LogP contribution in [0, 0.1) is 5.82 Å². The highest BCUT2D eigenvalue weighted by molar-refractivity contribution is 6.03. The fourth-order valence-corrected chi connectivity index (χ4v) is 1.46. The molecular weight excluding hydrogens is 279 g/mol. The number of carbonyl (C=O) groups excluding carboxylic acids is 1. The Hall–Kier alpha value is -3.16. The highest BCUT2D eigenvalue weighted by Crippen LogP contribution is 2.13. The summed E-state index contributed by atoms with van der Waals surface area (Å²) in [6.07, 6.45) is 4.76. The van der Waals surface area contributed by atoms with Crippen LogP contribution in [0.15, 0.2) is 36.7 Å². The van der Waals surface area contributed by atoms with Crippen LogP contribution >= 0.6 is 0 Å². The first-order chi connectivity index (χ1) is 10.1. The van der Waals surface area contributed by atoms with Crippen LogP contribution in [0.2, 0.25) is 0 Å². The van der Waals surface area contributed by atoms with Gasteiger partial charge in [0, 0.05) is 6.08 Å². The number of hydrogen-bond acceptors (Lipinski definition) is 5. The first-order valence-electron chi connectivity index (χ1n) is 5.72. The minimum absolute atomic E-state index is 0.0447. The van der Waals surface area contributed by atoms with Crippen LogP contribution < -0.4 is 5.32 Å². The zero-order valence-electron chi connectivity index (χ0n) is 10.5. The zero-order chi connectivity index (χ0) is 15.2. The van der Waals surface area contributed by atoms with Crippen LogP contribution in [-0.4, -0.2) is 32.2 Å². The molecule has 0 bridgehead atoms. The van der Waals surface area contributed by atoms with Crippen molar-refractivity contribution in [3.63, 3.8) is 0 Å². The molecule has 106 valence electrons. The highest BCUT2D eigenvalue weighted by atomic mass is 19.1. The molecule has 1 heterocycles. The van der Waals surface area contributed by atoms with Crippen molar-refractivity contribution in [2.24, 2.45) is 0 Å².